The topological polar surface area (TPSA) is 39.2 Å². The van der Waals surface area contributed by atoms with Crippen molar-refractivity contribution < 1.29 is 9.53 Å². The van der Waals surface area contributed by atoms with E-state index in [1.54, 1.807) is 19.1 Å². The summed E-state index contributed by atoms with van der Waals surface area (Å²) in [6.07, 6.45) is 1.37. The SMILES string of the molecule is CC#CCOc1ccc(C(=O)Cl)cn1. The van der Waals surface area contributed by atoms with Crippen LogP contribution in [-0.2, 0) is 0 Å². The fraction of sp³-hybridized carbons (Fsp3) is 0.200. The van der Waals surface area contributed by atoms with Gasteiger partial charge in [0.2, 0.25) is 5.88 Å². The smallest absolute Gasteiger partial charge is 0.253 e. The minimum absolute atomic E-state index is 0.289. The maximum Gasteiger partial charge on any atom is 0.253 e. The average molecular weight is 210 g/mol. The van der Waals surface area contributed by atoms with Crippen molar-refractivity contribution in [2.75, 3.05) is 6.61 Å². The summed E-state index contributed by atoms with van der Waals surface area (Å²) in [5.41, 5.74) is 0.348. The summed E-state index contributed by atoms with van der Waals surface area (Å²) in [6.45, 7) is 2.02. The van der Waals surface area contributed by atoms with Gasteiger partial charge in [-0.25, -0.2) is 4.98 Å². The summed E-state index contributed by atoms with van der Waals surface area (Å²) in [4.78, 5) is 14.6. The molecule has 1 aromatic heterocycles. The number of hydrogen-bond donors (Lipinski definition) is 0. The molecule has 0 radical (unpaired) electrons. The Bertz CT molecular complexity index is 375. The minimum atomic E-state index is -0.530. The molecule has 0 saturated carbocycles. The summed E-state index contributed by atoms with van der Waals surface area (Å²) in [5, 5.41) is -0.530. The van der Waals surface area contributed by atoms with Gasteiger partial charge in [0.15, 0.2) is 6.61 Å². The highest BCUT2D eigenvalue weighted by Crippen LogP contribution is 2.08. The molecule has 0 saturated heterocycles. The zero-order valence-corrected chi connectivity index (χ0v) is 8.34. The van der Waals surface area contributed by atoms with E-state index in [9.17, 15) is 4.79 Å². The van der Waals surface area contributed by atoms with Crippen molar-refractivity contribution >= 4 is 16.8 Å². The van der Waals surface area contributed by atoms with Gasteiger partial charge in [0.25, 0.3) is 5.24 Å². The Kier molecular flexibility index (Phi) is 3.96. The predicted molar refractivity (Wildman–Crippen MR) is 53.4 cm³/mol. The Morgan fingerprint density at radius 3 is 2.93 bits per heavy atom. The van der Waals surface area contributed by atoms with E-state index in [1.165, 1.54) is 6.20 Å². The number of carbonyl (C=O) groups is 1. The molecule has 1 heterocycles. The molecule has 0 amide bonds. The van der Waals surface area contributed by atoms with Crippen LogP contribution in [0, 0.1) is 11.8 Å². The molecule has 14 heavy (non-hydrogen) atoms. The molecule has 1 aromatic rings. The first-order chi connectivity index (χ1) is 6.74. The van der Waals surface area contributed by atoms with Crippen molar-refractivity contribution in [2.45, 2.75) is 6.92 Å². The van der Waals surface area contributed by atoms with Gasteiger partial charge in [0, 0.05) is 12.3 Å². The third kappa shape index (κ3) is 3.08. The maximum atomic E-state index is 10.7. The second kappa shape index (κ2) is 5.25. The molecule has 1 rings (SSSR count). The zero-order valence-electron chi connectivity index (χ0n) is 7.58. The molecule has 0 aliphatic heterocycles. The molecule has 0 N–H and O–H groups in total. The van der Waals surface area contributed by atoms with Crippen LogP contribution in [0.1, 0.15) is 17.3 Å². The van der Waals surface area contributed by atoms with Crippen molar-refractivity contribution in [3.05, 3.63) is 23.9 Å². The lowest BCUT2D eigenvalue weighted by atomic mass is 10.3. The number of nitrogens with zero attached hydrogens (tertiary/aromatic N) is 1. The number of ether oxygens (including phenoxy) is 1. The molecule has 3 nitrogen and oxygen atoms in total. The fourth-order valence-electron chi connectivity index (χ4n) is 0.764. The molecule has 0 aromatic carbocycles. The van der Waals surface area contributed by atoms with Gasteiger partial charge in [-0.15, -0.1) is 5.92 Å². The summed E-state index contributed by atoms with van der Waals surface area (Å²) in [6, 6.07) is 3.13. The summed E-state index contributed by atoms with van der Waals surface area (Å²) < 4.78 is 5.14. The number of halogens is 1. The van der Waals surface area contributed by atoms with E-state index in [4.69, 9.17) is 16.3 Å². The van der Waals surface area contributed by atoms with Crippen LogP contribution in [-0.4, -0.2) is 16.8 Å². The molecular weight excluding hydrogens is 202 g/mol. The average Bonchev–Trinajstić information content (AvgIpc) is 2.19. The van der Waals surface area contributed by atoms with E-state index in [0.717, 1.165) is 0 Å². The summed E-state index contributed by atoms with van der Waals surface area (Å²) in [7, 11) is 0. The fourth-order valence-corrected chi connectivity index (χ4v) is 0.876. The number of carbonyl (C=O) groups excluding carboxylic acids is 1. The van der Waals surface area contributed by atoms with Crippen molar-refractivity contribution in [1.29, 1.82) is 0 Å². The van der Waals surface area contributed by atoms with Crippen molar-refractivity contribution in [3.63, 3.8) is 0 Å². The van der Waals surface area contributed by atoms with E-state index < -0.39 is 5.24 Å². The quantitative estimate of drug-likeness (QED) is 0.564. The van der Waals surface area contributed by atoms with Crippen LogP contribution < -0.4 is 4.74 Å². The van der Waals surface area contributed by atoms with Crippen molar-refractivity contribution in [1.82, 2.24) is 4.98 Å². The molecule has 0 aliphatic rings. The Balaban J connectivity index is 2.62. The van der Waals surface area contributed by atoms with Crippen LogP contribution >= 0.6 is 11.6 Å². The molecule has 0 fully saturated rings. The number of hydrogen-bond acceptors (Lipinski definition) is 3. The van der Waals surface area contributed by atoms with Crippen LogP contribution in [0.4, 0.5) is 0 Å². The lowest BCUT2D eigenvalue weighted by molar-refractivity contribution is 0.108. The van der Waals surface area contributed by atoms with Crippen LogP contribution in [0.3, 0.4) is 0 Å². The van der Waals surface area contributed by atoms with E-state index in [1.807, 2.05) is 0 Å². The first-order valence-electron chi connectivity index (χ1n) is 3.92. The van der Waals surface area contributed by atoms with Crippen LogP contribution in [0.25, 0.3) is 0 Å². The van der Waals surface area contributed by atoms with Gasteiger partial charge >= 0.3 is 0 Å². The normalized spacial score (nSPS) is 8.71. The van der Waals surface area contributed by atoms with Crippen molar-refractivity contribution in [3.8, 4) is 17.7 Å². The predicted octanol–water partition coefficient (Wildman–Crippen LogP) is 1.86. The van der Waals surface area contributed by atoms with E-state index >= 15 is 0 Å². The third-order valence-electron chi connectivity index (χ3n) is 1.43. The molecule has 0 spiro atoms. The largest absolute Gasteiger partial charge is 0.464 e. The first-order valence-corrected chi connectivity index (χ1v) is 4.30. The zero-order chi connectivity index (χ0) is 10.4. The van der Waals surface area contributed by atoms with Gasteiger partial charge in [0.05, 0.1) is 5.56 Å². The number of pyridine rings is 1. The summed E-state index contributed by atoms with van der Waals surface area (Å²) >= 11 is 5.24. The highest BCUT2D eigenvalue weighted by molar-refractivity contribution is 6.67. The molecule has 0 unspecified atom stereocenters. The van der Waals surface area contributed by atoms with Crippen molar-refractivity contribution in [2.24, 2.45) is 0 Å². The Morgan fingerprint density at radius 2 is 2.43 bits per heavy atom. The van der Waals surface area contributed by atoms with Gasteiger partial charge in [-0.2, -0.15) is 0 Å². The molecule has 0 atom stereocenters. The molecule has 0 bridgehead atoms. The highest BCUT2D eigenvalue weighted by atomic mass is 35.5. The van der Waals surface area contributed by atoms with Gasteiger partial charge in [0.1, 0.15) is 0 Å². The van der Waals surface area contributed by atoms with E-state index in [-0.39, 0.29) is 6.61 Å². The standard InChI is InChI=1S/C10H8ClNO2/c1-2-3-6-14-9-5-4-8(7-12-9)10(11)13/h4-5,7H,6H2,1H3. The van der Waals surface area contributed by atoms with Gasteiger partial charge < -0.3 is 4.74 Å². The lowest BCUT2D eigenvalue weighted by Crippen LogP contribution is -1.97. The Morgan fingerprint density at radius 1 is 1.64 bits per heavy atom. The van der Waals surface area contributed by atoms with Crippen LogP contribution in [0.2, 0.25) is 0 Å². The Hall–Kier alpha value is -1.53. The lowest BCUT2D eigenvalue weighted by Gasteiger charge is -2.00. The van der Waals surface area contributed by atoms with E-state index in [0.29, 0.717) is 11.4 Å². The summed E-state index contributed by atoms with van der Waals surface area (Å²) in [5.74, 6) is 5.84. The first kappa shape index (κ1) is 10.6. The number of rotatable bonds is 3. The minimum Gasteiger partial charge on any atom is -0.464 e. The van der Waals surface area contributed by atoms with Crippen LogP contribution in [0.15, 0.2) is 18.3 Å². The maximum absolute atomic E-state index is 10.7. The van der Waals surface area contributed by atoms with E-state index in [2.05, 4.69) is 16.8 Å². The molecule has 0 aliphatic carbocycles. The highest BCUT2D eigenvalue weighted by Gasteiger charge is 2.01. The second-order valence-electron chi connectivity index (χ2n) is 2.37. The number of aromatic nitrogens is 1. The monoisotopic (exact) mass is 209 g/mol. The second-order valence-corrected chi connectivity index (χ2v) is 2.72. The molecular formula is C10H8ClNO2. The van der Waals surface area contributed by atoms with Crippen LogP contribution in [0.5, 0.6) is 5.88 Å². The third-order valence-corrected chi connectivity index (χ3v) is 1.65. The molecule has 72 valence electrons. The van der Waals surface area contributed by atoms with Gasteiger partial charge in [-0.05, 0) is 24.6 Å². The van der Waals surface area contributed by atoms with Gasteiger partial charge in [-0.1, -0.05) is 5.92 Å². The Labute approximate surface area is 87.1 Å². The van der Waals surface area contributed by atoms with Gasteiger partial charge in [-0.3, -0.25) is 4.79 Å². The molecule has 4 heteroatoms.